The van der Waals surface area contributed by atoms with Crippen molar-refractivity contribution >= 4 is 58.2 Å². The van der Waals surface area contributed by atoms with Crippen molar-refractivity contribution in [3.63, 3.8) is 0 Å². The summed E-state index contributed by atoms with van der Waals surface area (Å²) in [5.74, 6) is 0.795. The molecule has 0 spiro atoms. The first-order valence-electron chi connectivity index (χ1n) is 2.30. The normalized spacial score (nSPS) is 12.7. The van der Waals surface area contributed by atoms with Crippen LogP contribution in [0.4, 0.5) is 0 Å². The zero-order valence-electron chi connectivity index (χ0n) is 4.70. The molecule has 0 N–H and O–H groups in total. The maximum absolute atomic E-state index is 5.64. The number of halogens is 4. The number of hydrogen-bond donors (Lipinski definition) is 0. The van der Waals surface area contributed by atoms with E-state index in [0.717, 1.165) is 5.75 Å². The molecule has 0 unspecified atom stereocenters. The summed E-state index contributed by atoms with van der Waals surface area (Å²) in [6.07, 6.45) is 0. The first-order chi connectivity index (χ1) is 4.00. The third kappa shape index (κ3) is 4.05. The Bertz CT molecular complexity index is 82.6. The van der Waals surface area contributed by atoms with Crippen LogP contribution in [0.1, 0.15) is 6.92 Å². The molecule has 56 valence electrons. The molecule has 0 aliphatic carbocycles. The molecule has 0 bridgehead atoms. The summed E-state index contributed by atoms with van der Waals surface area (Å²) in [6, 6.07) is 0. The molecule has 0 saturated carbocycles. The molecular weight excluding hydrogens is 222 g/mol. The van der Waals surface area contributed by atoms with Gasteiger partial charge >= 0.3 is 0 Å². The third-order valence-electron chi connectivity index (χ3n) is 0.591. The van der Waals surface area contributed by atoms with Crippen molar-refractivity contribution in [3.8, 4) is 0 Å². The van der Waals surface area contributed by atoms with E-state index in [9.17, 15) is 0 Å². The summed E-state index contributed by atoms with van der Waals surface area (Å²) in [7, 11) is 0. The van der Waals surface area contributed by atoms with Gasteiger partial charge < -0.3 is 0 Å². The number of alkyl halides is 4. The zero-order chi connectivity index (χ0) is 7.49. The molecule has 5 heteroatoms. The van der Waals surface area contributed by atoms with Gasteiger partial charge in [-0.3, -0.25) is 0 Å². The lowest BCUT2D eigenvalue weighted by molar-refractivity contribution is 1.20. The second-order valence-electron chi connectivity index (χ2n) is 1.30. The molecule has 0 nitrogen and oxygen atoms in total. The van der Waals surface area contributed by atoms with Gasteiger partial charge in [0.2, 0.25) is 0 Å². The van der Waals surface area contributed by atoms with E-state index in [1.54, 1.807) is 0 Å². The van der Waals surface area contributed by atoms with Gasteiger partial charge in [-0.15, -0.1) is 35.0 Å². The summed E-state index contributed by atoms with van der Waals surface area (Å²) < 4.78 is -1.06. The second-order valence-corrected chi connectivity index (χ2v) is 5.74. The van der Waals surface area contributed by atoms with Crippen molar-refractivity contribution in [2.45, 2.75) is 15.4 Å². The van der Waals surface area contributed by atoms with Gasteiger partial charge in [0.15, 0.2) is 3.67 Å². The summed E-state index contributed by atoms with van der Waals surface area (Å²) in [6.45, 7) is 1.93. The monoisotopic (exact) mass is 226 g/mol. The third-order valence-corrected chi connectivity index (χ3v) is 3.95. The fraction of sp³-hybridized carbons (Fsp3) is 1.00. The number of rotatable bonds is 3. The molecule has 0 aliphatic heterocycles. The van der Waals surface area contributed by atoms with Gasteiger partial charge in [-0.25, -0.2) is 0 Å². The van der Waals surface area contributed by atoms with Crippen LogP contribution < -0.4 is 0 Å². The maximum Gasteiger partial charge on any atom is 0.193 e. The minimum absolute atomic E-state index is 0.745. The highest BCUT2D eigenvalue weighted by molar-refractivity contribution is 8.03. The number of hydrogen-bond acceptors (Lipinski definition) is 1. The van der Waals surface area contributed by atoms with E-state index in [1.165, 1.54) is 11.8 Å². The molecule has 0 aromatic carbocycles. The van der Waals surface area contributed by atoms with Crippen molar-refractivity contribution in [2.24, 2.45) is 0 Å². The van der Waals surface area contributed by atoms with Gasteiger partial charge in [-0.2, -0.15) is 0 Å². The van der Waals surface area contributed by atoms with Gasteiger partial charge in [-0.05, 0) is 5.75 Å². The first-order valence-corrected chi connectivity index (χ1v) is 4.92. The van der Waals surface area contributed by atoms with Crippen LogP contribution in [0.25, 0.3) is 0 Å². The van der Waals surface area contributed by atoms with Gasteiger partial charge in [-0.1, -0.05) is 30.1 Å². The molecule has 0 aliphatic rings. The van der Waals surface area contributed by atoms with Crippen LogP contribution in [0, 0.1) is 0 Å². The van der Waals surface area contributed by atoms with Gasteiger partial charge in [0.05, 0.1) is 0 Å². The van der Waals surface area contributed by atoms with E-state index in [0.29, 0.717) is 0 Å². The standard InChI is InChI=1S/C4H6Cl4S/c1-2-9-4(7,8)3(5)6/h3H,2H2,1H3. The van der Waals surface area contributed by atoms with Crippen LogP contribution in [0.5, 0.6) is 0 Å². The fourth-order valence-corrected chi connectivity index (χ4v) is 1.80. The molecule has 0 amide bonds. The van der Waals surface area contributed by atoms with E-state index < -0.39 is 8.50 Å². The molecule has 9 heavy (non-hydrogen) atoms. The summed E-state index contributed by atoms with van der Waals surface area (Å²) in [5.41, 5.74) is 0. The minimum atomic E-state index is -1.06. The van der Waals surface area contributed by atoms with E-state index >= 15 is 0 Å². The Balaban J connectivity index is 3.70. The predicted molar refractivity (Wildman–Crippen MR) is 48.1 cm³/mol. The predicted octanol–water partition coefficient (Wildman–Crippen LogP) is 3.67. The van der Waals surface area contributed by atoms with Gasteiger partial charge in [0.1, 0.15) is 4.84 Å². The molecular formula is C4H6Cl4S. The van der Waals surface area contributed by atoms with E-state index in [-0.39, 0.29) is 0 Å². The summed E-state index contributed by atoms with van der Waals surface area (Å²) in [5, 5.41) is 0. The Morgan fingerprint density at radius 1 is 1.44 bits per heavy atom. The highest BCUT2D eigenvalue weighted by atomic mass is 35.5. The van der Waals surface area contributed by atoms with Gasteiger partial charge in [0.25, 0.3) is 0 Å². The lowest BCUT2D eigenvalue weighted by Gasteiger charge is -2.18. The Kier molecular flexibility index (Phi) is 5.14. The second kappa shape index (κ2) is 4.40. The topological polar surface area (TPSA) is 0 Å². The van der Waals surface area contributed by atoms with Crippen molar-refractivity contribution in [2.75, 3.05) is 5.75 Å². The lowest BCUT2D eigenvalue weighted by atomic mass is 10.9. The van der Waals surface area contributed by atoms with Crippen molar-refractivity contribution in [3.05, 3.63) is 0 Å². The van der Waals surface area contributed by atoms with Crippen molar-refractivity contribution in [1.82, 2.24) is 0 Å². The summed E-state index contributed by atoms with van der Waals surface area (Å²) in [4.78, 5) is -0.745. The molecule has 0 fully saturated rings. The van der Waals surface area contributed by atoms with Crippen LogP contribution in [-0.2, 0) is 0 Å². The Hall–Kier alpha value is 1.51. The molecule has 0 radical (unpaired) electrons. The smallest absolute Gasteiger partial charge is 0.121 e. The Labute approximate surface area is 79.2 Å². The van der Waals surface area contributed by atoms with Crippen LogP contribution in [0.3, 0.4) is 0 Å². The lowest BCUT2D eigenvalue weighted by Crippen LogP contribution is -2.16. The fourth-order valence-electron chi connectivity index (χ4n) is 0.255. The highest BCUT2D eigenvalue weighted by Gasteiger charge is 2.31. The Morgan fingerprint density at radius 2 is 1.89 bits per heavy atom. The Morgan fingerprint density at radius 3 is 2.00 bits per heavy atom. The molecule has 0 rings (SSSR count). The molecule has 0 aromatic rings. The van der Waals surface area contributed by atoms with Crippen LogP contribution in [-0.4, -0.2) is 14.3 Å². The van der Waals surface area contributed by atoms with E-state index in [4.69, 9.17) is 46.4 Å². The van der Waals surface area contributed by atoms with E-state index in [1.807, 2.05) is 6.92 Å². The van der Waals surface area contributed by atoms with Crippen LogP contribution in [0.2, 0.25) is 0 Å². The van der Waals surface area contributed by atoms with Crippen molar-refractivity contribution in [1.29, 1.82) is 0 Å². The minimum Gasteiger partial charge on any atom is -0.121 e. The van der Waals surface area contributed by atoms with Crippen LogP contribution >= 0.6 is 58.2 Å². The summed E-state index contributed by atoms with van der Waals surface area (Å²) >= 11 is 23.4. The number of thioether (sulfide) groups is 1. The average Bonchev–Trinajstić information content (AvgIpc) is 1.65. The first kappa shape index (κ1) is 10.5. The highest BCUT2D eigenvalue weighted by Crippen LogP contribution is 2.42. The average molecular weight is 228 g/mol. The van der Waals surface area contributed by atoms with Crippen LogP contribution in [0.15, 0.2) is 0 Å². The zero-order valence-corrected chi connectivity index (χ0v) is 8.54. The van der Waals surface area contributed by atoms with E-state index in [2.05, 4.69) is 0 Å². The largest absolute Gasteiger partial charge is 0.193 e. The molecule has 0 heterocycles. The quantitative estimate of drug-likeness (QED) is 0.664. The molecule has 0 aromatic heterocycles. The molecule has 0 saturated heterocycles. The SMILES string of the molecule is CCSC(Cl)(Cl)C(Cl)Cl. The van der Waals surface area contributed by atoms with Crippen molar-refractivity contribution < 1.29 is 0 Å². The van der Waals surface area contributed by atoms with Gasteiger partial charge in [0, 0.05) is 0 Å². The molecule has 0 atom stereocenters. The maximum atomic E-state index is 5.64.